The first-order chi connectivity index (χ1) is 7.51. The first-order valence-corrected chi connectivity index (χ1v) is 6.01. The van der Waals surface area contributed by atoms with Gasteiger partial charge in [0.25, 0.3) is 0 Å². The number of thiophene rings is 1. The molecule has 1 aliphatic rings. The monoisotopic (exact) mass is 238 g/mol. The highest BCUT2D eigenvalue weighted by molar-refractivity contribution is 7.09. The molecule has 5 heteroatoms. The largest absolute Gasteiger partial charge is 0.345 e. The number of amides is 2. The van der Waals surface area contributed by atoms with Gasteiger partial charge in [0.2, 0.25) is 11.8 Å². The zero-order valence-corrected chi connectivity index (χ0v) is 10.1. The number of carbonyl (C=O) groups excluding carboxylic acids is 2. The molecule has 2 rings (SSSR count). The van der Waals surface area contributed by atoms with Crippen molar-refractivity contribution < 1.29 is 9.59 Å². The Hall–Kier alpha value is -1.36. The van der Waals surface area contributed by atoms with Crippen LogP contribution in [-0.4, -0.2) is 28.8 Å². The Morgan fingerprint density at radius 1 is 1.50 bits per heavy atom. The van der Waals surface area contributed by atoms with E-state index in [-0.39, 0.29) is 18.4 Å². The topological polar surface area (TPSA) is 49.4 Å². The molecule has 0 aliphatic carbocycles. The summed E-state index contributed by atoms with van der Waals surface area (Å²) in [5, 5.41) is 4.57. The summed E-state index contributed by atoms with van der Waals surface area (Å²) < 4.78 is 0. The second kappa shape index (κ2) is 3.90. The molecule has 1 aromatic heterocycles. The number of hydrogen-bond donors (Lipinski definition) is 1. The molecule has 0 spiro atoms. The van der Waals surface area contributed by atoms with Gasteiger partial charge in [0, 0.05) is 4.88 Å². The Labute approximate surface area is 98.3 Å². The molecule has 1 saturated heterocycles. The third kappa shape index (κ3) is 1.82. The van der Waals surface area contributed by atoms with Gasteiger partial charge < -0.3 is 10.2 Å². The predicted octanol–water partition coefficient (Wildman–Crippen LogP) is 0.985. The molecule has 1 N–H and O–H groups in total. The highest BCUT2D eigenvalue weighted by Crippen LogP contribution is 2.23. The summed E-state index contributed by atoms with van der Waals surface area (Å²) in [7, 11) is 0. The fourth-order valence-corrected chi connectivity index (χ4v) is 2.44. The molecule has 16 heavy (non-hydrogen) atoms. The fourth-order valence-electron chi connectivity index (χ4n) is 1.75. The number of rotatable bonds is 2. The molecule has 0 atom stereocenters. The van der Waals surface area contributed by atoms with Crippen molar-refractivity contribution in [3.8, 4) is 0 Å². The van der Waals surface area contributed by atoms with Gasteiger partial charge >= 0.3 is 0 Å². The van der Waals surface area contributed by atoms with Crippen LogP contribution in [0.2, 0.25) is 0 Å². The zero-order chi connectivity index (χ0) is 11.8. The van der Waals surface area contributed by atoms with Crippen LogP contribution >= 0.6 is 11.3 Å². The molecular weight excluding hydrogens is 224 g/mol. The lowest BCUT2D eigenvalue weighted by Crippen LogP contribution is -2.63. The number of nitrogens with zero attached hydrogens (tertiary/aromatic N) is 1. The maximum absolute atomic E-state index is 11.8. The van der Waals surface area contributed by atoms with Gasteiger partial charge in [-0.05, 0) is 25.3 Å². The maximum Gasteiger partial charge on any atom is 0.245 e. The first-order valence-electron chi connectivity index (χ1n) is 5.13. The minimum Gasteiger partial charge on any atom is -0.345 e. The lowest BCUT2D eigenvalue weighted by molar-refractivity contribution is -0.152. The minimum absolute atomic E-state index is 0.0296. The zero-order valence-electron chi connectivity index (χ0n) is 9.32. The summed E-state index contributed by atoms with van der Waals surface area (Å²) in [6.07, 6.45) is 0. The summed E-state index contributed by atoms with van der Waals surface area (Å²) in [4.78, 5) is 26.2. The van der Waals surface area contributed by atoms with Crippen LogP contribution in [0.5, 0.6) is 0 Å². The fraction of sp³-hybridized carbons (Fsp3) is 0.455. The van der Waals surface area contributed by atoms with Crippen LogP contribution in [0.25, 0.3) is 0 Å². The van der Waals surface area contributed by atoms with E-state index in [1.165, 1.54) is 0 Å². The van der Waals surface area contributed by atoms with Crippen LogP contribution in [0.1, 0.15) is 18.7 Å². The number of hydrogen-bond acceptors (Lipinski definition) is 3. The van der Waals surface area contributed by atoms with Crippen molar-refractivity contribution in [1.82, 2.24) is 10.2 Å². The Bertz CT molecular complexity index is 412. The molecule has 0 radical (unpaired) electrons. The van der Waals surface area contributed by atoms with Crippen molar-refractivity contribution in [3.63, 3.8) is 0 Å². The molecule has 2 heterocycles. The Morgan fingerprint density at radius 3 is 2.88 bits per heavy atom. The standard InChI is InChI=1S/C11H14N2O2S/c1-11(2)10(15)12-6-9(14)13(11)7-8-4-3-5-16-8/h3-5H,6-7H2,1-2H3,(H,12,15). The van der Waals surface area contributed by atoms with E-state index in [1.807, 2.05) is 17.5 Å². The second-order valence-corrected chi connectivity index (χ2v) is 5.33. The SMILES string of the molecule is CC1(C)C(=O)NCC(=O)N1Cc1cccs1. The molecule has 2 amide bonds. The van der Waals surface area contributed by atoms with Gasteiger partial charge in [0.15, 0.2) is 0 Å². The quantitative estimate of drug-likeness (QED) is 0.835. The third-order valence-corrected chi connectivity index (χ3v) is 3.69. The summed E-state index contributed by atoms with van der Waals surface area (Å²) in [6, 6.07) is 3.92. The van der Waals surface area contributed by atoms with Gasteiger partial charge in [-0.2, -0.15) is 0 Å². The predicted molar refractivity (Wildman–Crippen MR) is 62.0 cm³/mol. The average Bonchev–Trinajstić information content (AvgIpc) is 2.72. The van der Waals surface area contributed by atoms with Crippen LogP contribution in [0, 0.1) is 0 Å². The van der Waals surface area contributed by atoms with Crippen molar-refractivity contribution in [2.45, 2.75) is 25.9 Å². The maximum atomic E-state index is 11.8. The van der Waals surface area contributed by atoms with E-state index in [9.17, 15) is 9.59 Å². The molecule has 1 aromatic rings. The minimum atomic E-state index is -0.765. The van der Waals surface area contributed by atoms with Crippen molar-refractivity contribution in [2.24, 2.45) is 0 Å². The molecule has 86 valence electrons. The van der Waals surface area contributed by atoms with E-state index in [1.54, 1.807) is 30.1 Å². The molecule has 0 saturated carbocycles. The lowest BCUT2D eigenvalue weighted by atomic mass is 9.98. The second-order valence-electron chi connectivity index (χ2n) is 4.30. The average molecular weight is 238 g/mol. The summed E-state index contributed by atoms with van der Waals surface area (Å²) >= 11 is 1.59. The Kier molecular flexibility index (Phi) is 2.71. The van der Waals surface area contributed by atoms with Crippen molar-refractivity contribution >= 4 is 23.2 Å². The van der Waals surface area contributed by atoms with Crippen LogP contribution in [0.4, 0.5) is 0 Å². The van der Waals surface area contributed by atoms with E-state index in [0.29, 0.717) is 6.54 Å². The molecule has 0 unspecified atom stereocenters. The summed E-state index contributed by atoms with van der Waals surface area (Å²) in [5.74, 6) is -0.123. The van der Waals surface area contributed by atoms with Gasteiger partial charge in [-0.3, -0.25) is 9.59 Å². The van der Waals surface area contributed by atoms with Gasteiger partial charge in [-0.1, -0.05) is 6.07 Å². The van der Waals surface area contributed by atoms with E-state index in [0.717, 1.165) is 4.88 Å². The Balaban J connectivity index is 2.22. The van der Waals surface area contributed by atoms with E-state index in [4.69, 9.17) is 0 Å². The van der Waals surface area contributed by atoms with E-state index >= 15 is 0 Å². The molecule has 4 nitrogen and oxygen atoms in total. The normalized spacial score (nSPS) is 19.8. The van der Waals surface area contributed by atoms with Gasteiger partial charge in [0.1, 0.15) is 5.54 Å². The van der Waals surface area contributed by atoms with Crippen molar-refractivity contribution in [1.29, 1.82) is 0 Å². The molecule has 1 fully saturated rings. The van der Waals surface area contributed by atoms with E-state index < -0.39 is 5.54 Å². The highest BCUT2D eigenvalue weighted by atomic mass is 32.1. The van der Waals surface area contributed by atoms with Crippen LogP contribution < -0.4 is 5.32 Å². The van der Waals surface area contributed by atoms with Gasteiger partial charge in [-0.15, -0.1) is 11.3 Å². The molecular formula is C11H14N2O2S. The summed E-state index contributed by atoms with van der Waals surface area (Å²) in [6.45, 7) is 4.16. The molecule has 0 aromatic carbocycles. The van der Waals surface area contributed by atoms with Gasteiger partial charge in [0.05, 0.1) is 13.1 Å². The summed E-state index contributed by atoms with van der Waals surface area (Å²) in [5.41, 5.74) is -0.765. The van der Waals surface area contributed by atoms with Crippen molar-refractivity contribution in [2.75, 3.05) is 6.54 Å². The van der Waals surface area contributed by atoms with Crippen LogP contribution in [0.15, 0.2) is 17.5 Å². The smallest absolute Gasteiger partial charge is 0.245 e. The lowest BCUT2D eigenvalue weighted by Gasteiger charge is -2.40. The van der Waals surface area contributed by atoms with Crippen LogP contribution in [0.3, 0.4) is 0 Å². The van der Waals surface area contributed by atoms with Crippen LogP contribution in [-0.2, 0) is 16.1 Å². The number of nitrogens with one attached hydrogen (secondary N) is 1. The number of carbonyl (C=O) groups is 2. The Morgan fingerprint density at radius 2 is 2.25 bits per heavy atom. The third-order valence-electron chi connectivity index (χ3n) is 2.83. The van der Waals surface area contributed by atoms with E-state index in [2.05, 4.69) is 5.32 Å². The number of piperazine rings is 1. The first kappa shape index (κ1) is 11.1. The highest BCUT2D eigenvalue weighted by Gasteiger charge is 2.41. The molecule has 1 aliphatic heterocycles. The van der Waals surface area contributed by atoms with Crippen molar-refractivity contribution in [3.05, 3.63) is 22.4 Å². The van der Waals surface area contributed by atoms with Gasteiger partial charge in [-0.25, -0.2) is 0 Å². The molecule has 0 bridgehead atoms.